The second-order valence-electron chi connectivity index (χ2n) is 6.08. The molecule has 1 heterocycles. The summed E-state index contributed by atoms with van der Waals surface area (Å²) in [5, 5.41) is 9.16. The molecule has 1 N–H and O–H groups in total. The van der Waals surface area contributed by atoms with Gasteiger partial charge in [0.2, 0.25) is 0 Å². The summed E-state index contributed by atoms with van der Waals surface area (Å²) in [6, 6.07) is 15.3. The van der Waals surface area contributed by atoms with E-state index in [1.54, 1.807) is 0 Å². The van der Waals surface area contributed by atoms with Crippen molar-refractivity contribution in [2.75, 3.05) is 12.9 Å². The Morgan fingerprint density at radius 2 is 1.62 bits per heavy atom. The lowest BCUT2D eigenvalue weighted by Crippen LogP contribution is -1.98. The number of hydrogen-bond donors (Lipinski definition) is 1. The van der Waals surface area contributed by atoms with Gasteiger partial charge in [0.1, 0.15) is 6.61 Å². The normalized spacial score (nSPS) is 14.8. The molecular weight excluding hydrogens is 320 g/mol. The van der Waals surface area contributed by atoms with E-state index in [1.807, 2.05) is 54.8 Å². The highest BCUT2D eigenvalue weighted by molar-refractivity contribution is 8.27. The van der Waals surface area contributed by atoms with Crippen LogP contribution in [0.1, 0.15) is 16.7 Å². The first kappa shape index (κ1) is 16.6. The summed E-state index contributed by atoms with van der Waals surface area (Å²) in [5.74, 6) is 7.93. The van der Waals surface area contributed by atoms with Crippen LogP contribution in [0.4, 0.5) is 0 Å². The minimum absolute atomic E-state index is 0.0186. The zero-order valence-corrected chi connectivity index (χ0v) is 14.4. The average Bonchev–Trinajstić information content (AvgIpc) is 2.96. The minimum Gasteiger partial charge on any atom is -0.457 e. The quantitative estimate of drug-likeness (QED) is 0.686. The molecular formula is C20H20O3S. The smallest absolute Gasteiger partial charge is 0.339 e. The van der Waals surface area contributed by atoms with Crippen molar-refractivity contribution in [2.45, 2.75) is 11.5 Å². The van der Waals surface area contributed by atoms with Crippen LogP contribution in [0.2, 0.25) is 0 Å². The molecule has 0 saturated heterocycles. The number of hydrogen-bond acceptors (Lipinski definition) is 3. The summed E-state index contributed by atoms with van der Waals surface area (Å²) >= 11 is 0. The summed E-state index contributed by atoms with van der Waals surface area (Å²) in [6.07, 6.45) is 2.04. The Labute approximate surface area is 142 Å². The Morgan fingerprint density at radius 1 is 1.04 bits per heavy atom. The molecule has 1 aliphatic heterocycles. The van der Waals surface area contributed by atoms with E-state index in [0.717, 1.165) is 27.2 Å². The Kier molecular flexibility index (Phi) is 4.35. The standard InChI is InChI=1S/C20H20O3S/c1-24(2,3)17-10-8-15(9-11-17)18-13-23-20(22)19(18)16-6-4-14(12-21)5-7-16/h4-11,21H,1-2,12-13H2,3H3. The lowest BCUT2D eigenvalue weighted by atomic mass is 9.96. The first-order valence-corrected chi connectivity index (χ1v) is 9.93. The van der Waals surface area contributed by atoms with Crippen molar-refractivity contribution in [3.05, 3.63) is 65.2 Å². The summed E-state index contributed by atoms with van der Waals surface area (Å²) in [7, 11) is -1.27. The second-order valence-corrected chi connectivity index (χ2v) is 9.10. The van der Waals surface area contributed by atoms with Crippen LogP contribution in [0.5, 0.6) is 0 Å². The van der Waals surface area contributed by atoms with Crippen LogP contribution in [0, 0.1) is 0 Å². The van der Waals surface area contributed by atoms with Crippen molar-refractivity contribution in [3.8, 4) is 0 Å². The molecule has 0 unspecified atom stereocenters. The number of carbonyl (C=O) groups excluding carboxylic acids is 1. The largest absolute Gasteiger partial charge is 0.457 e. The molecule has 0 radical (unpaired) electrons. The summed E-state index contributed by atoms with van der Waals surface area (Å²) in [4.78, 5) is 13.3. The van der Waals surface area contributed by atoms with Gasteiger partial charge < -0.3 is 9.84 Å². The van der Waals surface area contributed by atoms with Gasteiger partial charge in [0, 0.05) is 5.57 Å². The van der Waals surface area contributed by atoms with Crippen molar-refractivity contribution in [1.82, 2.24) is 0 Å². The molecule has 2 aromatic rings. The van der Waals surface area contributed by atoms with Gasteiger partial charge in [-0.25, -0.2) is 4.79 Å². The van der Waals surface area contributed by atoms with E-state index in [2.05, 4.69) is 11.7 Å². The number of aliphatic hydroxyl groups is 1. The second kappa shape index (κ2) is 6.30. The third-order valence-electron chi connectivity index (χ3n) is 4.05. The predicted molar refractivity (Wildman–Crippen MR) is 103 cm³/mol. The van der Waals surface area contributed by atoms with Crippen LogP contribution in [0.25, 0.3) is 11.1 Å². The fraction of sp³-hybridized carbons (Fsp3) is 0.150. The lowest BCUT2D eigenvalue weighted by molar-refractivity contribution is -0.133. The SMILES string of the molecule is C=S(=C)(C)c1ccc(C2=C(c3ccc(CO)cc3)C(=O)OC2)cc1. The van der Waals surface area contributed by atoms with Gasteiger partial charge in [0.25, 0.3) is 0 Å². The maximum absolute atomic E-state index is 12.2. The molecule has 3 rings (SSSR count). The maximum atomic E-state index is 12.2. The predicted octanol–water partition coefficient (Wildman–Crippen LogP) is 3.30. The van der Waals surface area contributed by atoms with Crippen LogP contribution in [0.15, 0.2) is 53.4 Å². The van der Waals surface area contributed by atoms with Crippen molar-refractivity contribution in [3.63, 3.8) is 0 Å². The van der Waals surface area contributed by atoms with E-state index >= 15 is 0 Å². The maximum Gasteiger partial charge on any atom is 0.339 e. The number of benzene rings is 2. The van der Waals surface area contributed by atoms with Gasteiger partial charge in [-0.15, -0.1) is 0 Å². The molecule has 1 aliphatic rings. The van der Waals surface area contributed by atoms with Crippen LogP contribution >= 0.6 is 9.21 Å². The molecule has 0 spiro atoms. The zero-order valence-electron chi connectivity index (χ0n) is 13.6. The van der Waals surface area contributed by atoms with Crippen molar-refractivity contribution >= 4 is 38.1 Å². The molecule has 0 bridgehead atoms. The number of aliphatic hydroxyl groups excluding tert-OH is 1. The highest BCUT2D eigenvalue weighted by atomic mass is 32.2. The molecule has 0 fully saturated rings. The molecule has 0 aliphatic carbocycles. The first-order valence-electron chi connectivity index (χ1n) is 7.55. The number of carbonyl (C=O) groups is 1. The zero-order chi connectivity index (χ0) is 17.3. The Hall–Kier alpha value is -2.30. The van der Waals surface area contributed by atoms with Gasteiger partial charge in [0.05, 0.1) is 12.2 Å². The van der Waals surface area contributed by atoms with Crippen LogP contribution in [-0.4, -0.2) is 35.7 Å². The van der Waals surface area contributed by atoms with Gasteiger partial charge in [-0.2, -0.15) is 9.21 Å². The molecule has 2 aromatic carbocycles. The average molecular weight is 340 g/mol. The molecule has 124 valence electrons. The van der Waals surface area contributed by atoms with Crippen molar-refractivity contribution in [2.24, 2.45) is 0 Å². The lowest BCUT2D eigenvalue weighted by Gasteiger charge is -2.10. The number of esters is 1. The van der Waals surface area contributed by atoms with E-state index in [9.17, 15) is 4.79 Å². The Balaban J connectivity index is 2.05. The van der Waals surface area contributed by atoms with Crippen molar-refractivity contribution in [1.29, 1.82) is 0 Å². The molecule has 0 atom stereocenters. The number of ether oxygens (including phenoxy) is 1. The van der Waals surface area contributed by atoms with Gasteiger partial charge in [-0.05, 0) is 40.0 Å². The van der Waals surface area contributed by atoms with Crippen LogP contribution in [-0.2, 0) is 16.1 Å². The number of rotatable bonds is 4. The van der Waals surface area contributed by atoms with E-state index in [4.69, 9.17) is 9.84 Å². The highest BCUT2D eigenvalue weighted by Crippen LogP contribution is 2.35. The minimum atomic E-state index is -1.27. The van der Waals surface area contributed by atoms with E-state index < -0.39 is 9.21 Å². The van der Waals surface area contributed by atoms with Crippen LogP contribution in [0.3, 0.4) is 0 Å². The third kappa shape index (κ3) is 3.16. The molecule has 24 heavy (non-hydrogen) atoms. The Bertz CT molecular complexity index is 902. The molecule has 0 aromatic heterocycles. The van der Waals surface area contributed by atoms with E-state index in [0.29, 0.717) is 5.57 Å². The monoisotopic (exact) mass is 340 g/mol. The number of cyclic esters (lactones) is 1. The van der Waals surface area contributed by atoms with Crippen molar-refractivity contribution < 1.29 is 14.6 Å². The van der Waals surface area contributed by atoms with E-state index in [-0.39, 0.29) is 19.2 Å². The summed E-state index contributed by atoms with van der Waals surface area (Å²) < 4.78 is 5.26. The fourth-order valence-electron chi connectivity index (χ4n) is 2.69. The van der Waals surface area contributed by atoms with Gasteiger partial charge in [-0.3, -0.25) is 0 Å². The Morgan fingerprint density at radius 3 is 2.17 bits per heavy atom. The molecule has 0 amide bonds. The van der Waals surface area contributed by atoms with E-state index in [1.165, 1.54) is 0 Å². The highest BCUT2D eigenvalue weighted by Gasteiger charge is 2.27. The molecule has 3 nitrogen and oxygen atoms in total. The van der Waals surface area contributed by atoms with Gasteiger partial charge >= 0.3 is 5.97 Å². The molecule has 0 saturated carbocycles. The van der Waals surface area contributed by atoms with Gasteiger partial charge in [0.15, 0.2) is 0 Å². The van der Waals surface area contributed by atoms with Gasteiger partial charge in [-0.1, -0.05) is 48.1 Å². The third-order valence-corrected chi connectivity index (χ3v) is 5.46. The fourth-order valence-corrected chi connectivity index (χ4v) is 3.48. The topological polar surface area (TPSA) is 46.5 Å². The summed E-state index contributed by atoms with van der Waals surface area (Å²) in [5.41, 5.74) is 4.05. The summed E-state index contributed by atoms with van der Waals surface area (Å²) in [6.45, 7) is 0.253. The van der Waals surface area contributed by atoms with Crippen LogP contribution < -0.4 is 0 Å². The first-order chi connectivity index (χ1) is 11.4. The molecule has 4 heteroatoms.